The Morgan fingerprint density at radius 2 is 1.89 bits per heavy atom. The van der Waals surface area contributed by atoms with Crippen molar-refractivity contribution in [3.8, 4) is 0 Å². The topological polar surface area (TPSA) is 93.0 Å². The molecule has 0 unspecified atom stereocenters. The maximum atomic E-state index is 12.5. The van der Waals surface area contributed by atoms with Gasteiger partial charge in [0.2, 0.25) is 5.91 Å². The molecular weight excluding hydrogens is 370 g/mol. The van der Waals surface area contributed by atoms with Crippen LogP contribution in [0.1, 0.15) is 31.2 Å². The second-order valence-electron chi connectivity index (χ2n) is 6.97. The van der Waals surface area contributed by atoms with Crippen LogP contribution in [0.15, 0.2) is 24.3 Å². The first kappa shape index (κ1) is 19.5. The number of thiol groups is 1. The van der Waals surface area contributed by atoms with E-state index in [1.807, 2.05) is 4.90 Å². The predicted octanol–water partition coefficient (Wildman–Crippen LogP) is 2.62. The number of non-ortho nitro benzene ring substituents is 1. The minimum Gasteiger partial charge on any atom is -0.445 e. The zero-order chi connectivity index (χ0) is 19.4. The van der Waals surface area contributed by atoms with E-state index >= 15 is 0 Å². The first-order chi connectivity index (χ1) is 12.9. The molecule has 146 valence electrons. The zero-order valence-electron chi connectivity index (χ0n) is 15.0. The summed E-state index contributed by atoms with van der Waals surface area (Å²) >= 11 is 4.47. The Bertz CT molecular complexity index is 705. The molecule has 0 radical (unpaired) electrons. The number of rotatable bonds is 5. The van der Waals surface area contributed by atoms with E-state index in [-0.39, 0.29) is 29.5 Å². The van der Waals surface area contributed by atoms with E-state index in [9.17, 15) is 19.7 Å². The van der Waals surface area contributed by atoms with Gasteiger partial charge in [-0.1, -0.05) is 0 Å². The molecule has 0 saturated carbocycles. The molecule has 2 aliphatic heterocycles. The van der Waals surface area contributed by atoms with Crippen LogP contribution >= 0.6 is 12.6 Å². The van der Waals surface area contributed by atoms with Crippen LogP contribution in [0, 0.1) is 10.1 Å². The van der Waals surface area contributed by atoms with Crippen LogP contribution in [-0.2, 0) is 16.1 Å². The SMILES string of the molecule is O=C(C[C@@H]1C[C@H](S)CN1C(=O)OCc1ccc([N+](=O)[O-])cc1)N1CCCC1. The second kappa shape index (κ2) is 8.60. The van der Waals surface area contributed by atoms with Crippen LogP contribution in [0.3, 0.4) is 0 Å². The summed E-state index contributed by atoms with van der Waals surface area (Å²) in [7, 11) is 0. The number of amides is 2. The number of hydrogen-bond acceptors (Lipinski definition) is 6. The molecule has 2 atom stereocenters. The lowest BCUT2D eigenvalue weighted by molar-refractivity contribution is -0.384. The highest BCUT2D eigenvalue weighted by molar-refractivity contribution is 7.81. The Kier molecular flexibility index (Phi) is 6.20. The number of benzene rings is 1. The van der Waals surface area contributed by atoms with Gasteiger partial charge in [-0.15, -0.1) is 0 Å². The van der Waals surface area contributed by atoms with E-state index in [0.717, 1.165) is 25.9 Å². The van der Waals surface area contributed by atoms with Gasteiger partial charge in [0, 0.05) is 49.5 Å². The van der Waals surface area contributed by atoms with Gasteiger partial charge in [0.1, 0.15) is 6.61 Å². The molecule has 1 aromatic carbocycles. The third-order valence-electron chi connectivity index (χ3n) is 5.01. The number of nitro groups is 1. The minimum absolute atomic E-state index is 0.0111. The van der Waals surface area contributed by atoms with E-state index in [1.165, 1.54) is 12.1 Å². The van der Waals surface area contributed by atoms with Gasteiger partial charge in [-0.3, -0.25) is 14.9 Å². The number of carbonyl (C=O) groups excluding carboxylic acids is 2. The third kappa shape index (κ3) is 4.91. The molecule has 2 aliphatic rings. The van der Waals surface area contributed by atoms with Crippen LogP contribution in [-0.4, -0.2) is 57.6 Å². The third-order valence-corrected chi connectivity index (χ3v) is 5.38. The molecule has 0 N–H and O–H groups in total. The molecule has 0 aliphatic carbocycles. The number of hydrogen-bond donors (Lipinski definition) is 1. The van der Waals surface area contributed by atoms with Gasteiger partial charge in [0.05, 0.1) is 4.92 Å². The van der Waals surface area contributed by atoms with Gasteiger partial charge >= 0.3 is 6.09 Å². The van der Waals surface area contributed by atoms with E-state index < -0.39 is 11.0 Å². The Morgan fingerprint density at radius 3 is 2.52 bits per heavy atom. The van der Waals surface area contributed by atoms with Crippen molar-refractivity contribution in [2.24, 2.45) is 0 Å². The molecule has 2 fully saturated rings. The molecule has 27 heavy (non-hydrogen) atoms. The highest BCUT2D eigenvalue weighted by Crippen LogP contribution is 2.26. The maximum Gasteiger partial charge on any atom is 0.410 e. The smallest absolute Gasteiger partial charge is 0.410 e. The zero-order valence-corrected chi connectivity index (χ0v) is 15.8. The van der Waals surface area contributed by atoms with E-state index in [4.69, 9.17) is 4.74 Å². The summed E-state index contributed by atoms with van der Waals surface area (Å²) < 4.78 is 5.36. The van der Waals surface area contributed by atoms with Crippen molar-refractivity contribution < 1.29 is 19.2 Å². The van der Waals surface area contributed by atoms with Crippen molar-refractivity contribution in [1.82, 2.24) is 9.80 Å². The summed E-state index contributed by atoms with van der Waals surface area (Å²) in [5.41, 5.74) is 0.656. The molecule has 0 spiro atoms. The number of nitro benzene ring substituents is 1. The molecule has 2 amide bonds. The minimum atomic E-state index is -0.482. The standard InChI is InChI=1S/C18H23N3O5S/c22-17(19-7-1-2-8-19)10-15-9-16(27)11-20(15)18(23)26-12-13-3-5-14(6-4-13)21(24)25/h3-6,15-16,27H,1-2,7-12H2/t15-,16-/m0/s1. The fourth-order valence-electron chi connectivity index (χ4n) is 3.55. The van der Waals surface area contributed by atoms with E-state index in [0.29, 0.717) is 24.9 Å². The van der Waals surface area contributed by atoms with Crippen molar-refractivity contribution >= 4 is 30.3 Å². The number of nitrogens with zero attached hydrogens (tertiary/aromatic N) is 3. The average molecular weight is 393 g/mol. The molecular formula is C18H23N3O5S. The van der Waals surface area contributed by atoms with Gasteiger partial charge in [-0.25, -0.2) is 4.79 Å². The van der Waals surface area contributed by atoms with Crippen LogP contribution < -0.4 is 0 Å². The monoisotopic (exact) mass is 393 g/mol. The highest BCUT2D eigenvalue weighted by Gasteiger charge is 2.37. The molecule has 0 bridgehead atoms. The summed E-state index contributed by atoms with van der Waals surface area (Å²) in [6, 6.07) is 5.67. The lowest BCUT2D eigenvalue weighted by Crippen LogP contribution is -2.40. The van der Waals surface area contributed by atoms with Gasteiger partial charge in [0.15, 0.2) is 0 Å². The molecule has 2 saturated heterocycles. The molecule has 1 aromatic rings. The quantitative estimate of drug-likeness (QED) is 0.472. The van der Waals surface area contributed by atoms with Gasteiger partial charge in [-0.05, 0) is 37.0 Å². The molecule has 8 nitrogen and oxygen atoms in total. The van der Waals surface area contributed by atoms with Crippen LogP contribution in [0.5, 0.6) is 0 Å². The molecule has 0 aromatic heterocycles. The number of ether oxygens (including phenoxy) is 1. The number of likely N-dealkylation sites (tertiary alicyclic amines) is 2. The average Bonchev–Trinajstić information content (AvgIpc) is 3.30. The summed E-state index contributed by atoms with van der Waals surface area (Å²) in [6.07, 6.45) is 2.54. The first-order valence-electron chi connectivity index (χ1n) is 9.06. The first-order valence-corrected chi connectivity index (χ1v) is 9.58. The van der Waals surface area contributed by atoms with Crippen molar-refractivity contribution in [2.75, 3.05) is 19.6 Å². The van der Waals surface area contributed by atoms with E-state index in [1.54, 1.807) is 17.0 Å². The normalized spacial score (nSPS) is 22.1. The second-order valence-corrected chi connectivity index (χ2v) is 7.70. The molecule has 9 heteroatoms. The Balaban J connectivity index is 1.55. The number of carbonyl (C=O) groups is 2. The molecule has 2 heterocycles. The Hall–Kier alpha value is -2.29. The van der Waals surface area contributed by atoms with Crippen molar-refractivity contribution in [1.29, 1.82) is 0 Å². The summed E-state index contributed by atoms with van der Waals surface area (Å²) in [6.45, 7) is 2.05. The fourth-order valence-corrected chi connectivity index (χ4v) is 3.97. The van der Waals surface area contributed by atoms with Crippen molar-refractivity contribution in [2.45, 2.75) is 43.6 Å². The fraction of sp³-hybridized carbons (Fsp3) is 0.556. The van der Waals surface area contributed by atoms with Crippen molar-refractivity contribution in [3.05, 3.63) is 39.9 Å². The lowest BCUT2D eigenvalue weighted by atomic mass is 10.1. The van der Waals surface area contributed by atoms with Gasteiger partial charge in [0.25, 0.3) is 5.69 Å². The van der Waals surface area contributed by atoms with Crippen molar-refractivity contribution in [3.63, 3.8) is 0 Å². The Morgan fingerprint density at radius 1 is 1.22 bits per heavy atom. The summed E-state index contributed by atoms with van der Waals surface area (Å²) in [5.74, 6) is 0.0769. The lowest BCUT2D eigenvalue weighted by Gasteiger charge is -2.25. The maximum absolute atomic E-state index is 12.5. The largest absolute Gasteiger partial charge is 0.445 e. The molecule has 3 rings (SSSR count). The van der Waals surface area contributed by atoms with Crippen LogP contribution in [0.2, 0.25) is 0 Å². The Labute approximate surface area is 163 Å². The van der Waals surface area contributed by atoms with E-state index in [2.05, 4.69) is 12.6 Å². The van der Waals surface area contributed by atoms with Crippen LogP contribution in [0.4, 0.5) is 10.5 Å². The highest BCUT2D eigenvalue weighted by atomic mass is 32.1. The van der Waals surface area contributed by atoms with Crippen LogP contribution in [0.25, 0.3) is 0 Å². The summed E-state index contributed by atoms with van der Waals surface area (Å²) in [4.78, 5) is 38.5. The van der Waals surface area contributed by atoms with Gasteiger partial charge < -0.3 is 14.5 Å². The summed E-state index contributed by atoms with van der Waals surface area (Å²) in [5, 5.41) is 10.7. The van der Waals surface area contributed by atoms with Gasteiger partial charge in [-0.2, -0.15) is 12.6 Å². The predicted molar refractivity (Wildman–Crippen MR) is 102 cm³/mol.